The quantitative estimate of drug-likeness (QED) is 0.881. The second kappa shape index (κ2) is 5.63. The van der Waals surface area contributed by atoms with Crippen LogP contribution < -0.4 is 4.72 Å². The maximum atomic E-state index is 13.7. The Morgan fingerprint density at radius 2 is 2.04 bits per heavy atom. The fraction of sp³-hybridized carbons (Fsp3) is 0.438. The number of rotatable bonds is 6. The van der Waals surface area contributed by atoms with Gasteiger partial charge in [-0.3, -0.25) is 9.40 Å². The standard InChI is InChI=1S/C16H20FN3O2S/c1-12-8-13(2)20(18-12)10-14-4-3-5-15(9-14)19-23(21,22)11-16(17)6-7-16/h3-5,8-9,19H,6-7,10-11H2,1-2H3. The van der Waals surface area contributed by atoms with E-state index in [9.17, 15) is 12.8 Å². The predicted octanol–water partition coefficient (Wildman–Crippen LogP) is 2.79. The van der Waals surface area contributed by atoms with Crippen LogP contribution in [-0.2, 0) is 16.6 Å². The summed E-state index contributed by atoms with van der Waals surface area (Å²) in [5, 5.41) is 4.39. The topological polar surface area (TPSA) is 64.0 Å². The van der Waals surface area contributed by atoms with E-state index >= 15 is 0 Å². The molecule has 1 heterocycles. The van der Waals surface area contributed by atoms with Crippen LogP contribution in [0.1, 0.15) is 29.8 Å². The molecule has 1 saturated carbocycles. The lowest BCUT2D eigenvalue weighted by Gasteiger charge is -2.11. The van der Waals surface area contributed by atoms with Gasteiger partial charge in [-0.15, -0.1) is 0 Å². The molecule has 5 nitrogen and oxygen atoms in total. The summed E-state index contributed by atoms with van der Waals surface area (Å²) in [6, 6.07) is 9.10. The third kappa shape index (κ3) is 4.10. The summed E-state index contributed by atoms with van der Waals surface area (Å²) in [6.07, 6.45) is 0.651. The van der Waals surface area contributed by atoms with E-state index in [0.717, 1.165) is 17.0 Å². The molecule has 2 aromatic rings. The number of sulfonamides is 1. The van der Waals surface area contributed by atoms with Crippen molar-refractivity contribution >= 4 is 15.7 Å². The van der Waals surface area contributed by atoms with Crippen LogP contribution >= 0.6 is 0 Å². The van der Waals surface area contributed by atoms with E-state index < -0.39 is 21.4 Å². The molecule has 0 radical (unpaired) electrons. The Labute approximate surface area is 135 Å². The predicted molar refractivity (Wildman–Crippen MR) is 87.7 cm³/mol. The normalized spacial score (nSPS) is 16.3. The second-order valence-electron chi connectivity index (χ2n) is 6.30. The molecule has 1 aliphatic carbocycles. The van der Waals surface area contributed by atoms with Gasteiger partial charge in [-0.25, -0.2) is 12.8 Å². The number of anilines is 1. The molecule has 7 heteroatoms. The highest BCUT2D eigenvalue weighted by Crippen LogP contribution is 2.41. The Balaban J connectivity index is 1.73. The zero-order chi connectivity index (χ0) is 16.7. The lowest BCUT2D eigenvalue weighted by molar-refractivity contribution is 0.341. The molecule has 124 valence electrons. The highest BCUT2D eigenvalue weighted by Gasteiger charge is 2.47. The van der Waals surface area contributed by atoms with Crippen LogP contribution in [0.3, 0.4) is 0 Å². The van der Waals surface area contributed by atoms with Crippen LogP contribution in [0.25, 0.3) is 0 Å². The fourth-order valence-electron chi connectivity index (χ4n) is 2.58. The number of hydrogen-bond donors (Lipinski definition) is 1. The summed E-state index contributed by atoms with van der Waals surface area (Å²) in [4.78, 5) is 0. The number of benzene rings is 1. The van der Waals surface area contributed by atoms with Gasteiger partial charge in [0.05, 0.1) is 12.2 Å². The molecule has 0 unspecified atom stereocenters. The van der Waals surface area contributed by atoms with E-state index in [0.29, 0.717) is 25.1 Å². The molecular weight excluding hydrogens is 317 g/mol. The van der Waals surface area contributed by atoms with Crippen molar-refractivity contribution < 1.29 is 12.8 Å². The Bertz CT molecular complexity index is 826. The van der Waals surface area contributed by atoms with Crippen molar-refractivity contribution in [1.29, 1.82) is 0 Å². The van der Waals surface area contributed by atoms with Crippen LogP contribution in [0, 0.1) is 13.8 Å². The van der Waals surface area contributed by atoms with Crippen LogP contribution in [0.2, 0.25) is 0 Å². The number of halogens is 1. The van der Waals surface area contributed by atoms with E-state index in [1.807, 2.05) is 30.7 Å². The number of aromatic nitrogens is 2. The number of nitrogens with zero attached hydrogens (tertiary/aromatic N) is 2. The number of nitrogens with one attached hydrogen (secondary N) is 1. The Hall–Kier alpha value is -1.89. The molecule has 1 N–H and O–H groups in total. The van der Waals surface area contributed by atoms with Gasteiger partial charge in [-0.1, -0.05) is 12.1 Å². The number of hydrogen-bond acceptors (Lipinski definition) is 3. The van der Waals surface area contributed by atoms with Crippen molar-refractivity contribution in [2.45, 2.75) is 38.9 Å². The minimum absolute atomic E-state index is 0.325. The smallest absolute Gasteiger partial charge is 0.235 e. The number of alkyl halides is 1. The van der Waals surface area contributed by atoms with Gasteiger partial charge in [0.2, 0.25) is 10.0 Å². The van der Waals surface area contributed by atoms with Crippen molar-refractivity contribution in [1.82, 2.24) is 9.78 Å². The highest BCUT2D eigenvalue weighted by atomic mass is 32.2. The largest absolute Gasteiger partial charge is 0.283 e. The first-order valence-electron chi connectivity index (χ1n) is 7.54. The van der Waals surface area contributed by atoms with Gasteiger partial charge in [0.1, 0.15) is 11.4 Å². The molecule has 3 rings (SSSR count). The third-order valence-electron chi connectivity index (χ3n) is 3.88. The van der Waals surface area contributed by atoms with Gasteiger partial charge >= 0.3 is 0 Å². The van der Waals surface area contributed by atoms with Crippen molar-refractivity contribution in [2.24, 2.45) is 0 Å². The lowest BCUT2D eigenvalue weighted by atomic mass is 10.2. The van der Waals surface area contributed by atoms with Gasteiger partial charge in [0, 0.05) is 11.4 Å². The maximum absolute atomic E-state index is 13.7. The Kier molecular flexibility index (Phi) is 3.91. The highest BCUT2D eigenvalue weighted by molar-refractivity contribution is 7.92. The summed E-state index contributed by atoms with van der Waals surface area (Å²) in [5.74, 6) is -0.471. The van der Waals surface area contributed by atoms with Crippen LogP contribution in [0.15, 0.2) is 30.3 Å². The van der Waals surface area contributed by atoms with Crippen LogP contribution in [0.4, 0.5) is 10.1 Å². The maximum Gasteiger partial charge on any atom is 0.235 e. The zero-order valence-electron chi connectivity index (χ0n) is 13.2. The molecule has 0 saturated heterocycles. The van der Waals surface area contributed by atoms with Crippen LogP contribution in [-0.4, -0.2) is 29.6 Å². The molecule has 23 heavy (non-hydrogen) atoms. The molecule has 1 aliphatic rings. The van der Waals surface area contributed by atoms with Crippen molar-refractivity contribution in [3.8, 4) is 0 Å². The van der Waals surface area contributed by atoms with E-state index in [1.165, 1.54) is 0 Å². The van der Waals surface area contributed by atoms with Crippen molar-refractivity contribution in [3.63, 3.8) is 0 Å². The van der Waals surface area contributed by atoms with Crippen molar-refractivity contribution in [2.75, 3.05) is 10.5 Å². The molecule has 0 bridgehead atoms. The SMILES string of the molecule is Cc1cc(C)n(Cc2cccc(NS(=O)(=O)CC3(F)CC3)c2)n1. The van der Waals surface area contributed by atoms with Gasteiger partial charge < -0.3 is 0 Å². The summed E-state index contributed by atoms with van der Waals surface area (Å²) >= 11 is 0. The average Bonchev–Trinajstić information content (AvgIpc) is 3.04. The molecule has 1 aromatic heterocycles. The van der Waals surface area contributed by atoms with E-state index in [2.05, 4.69) is 9.82 Å². The Morgan fingerprint density at radius 3 is 2.65 bits per heavy atom. The summed E-state index contributed by atoms with van der Waals surface area (Å²) in [6.45, 7) is 4.46. The molecule has 0 atom stereocenters. The minimum atomic E-state index is -3.67. The summed E-state index contributed by atoms with van der Waals surface area (Å²) < 4.78 is 42.0. The molecule has 1 aromatic carbocycles. The van der Waals surface area contributed by atoms with Gasteiger partial charge in [0.25, 0.3) is 0 Å². The molecule has 0 spiro atoms. The molecule has 0 amide bonds. The van der Waals surface area contributed by atoms with E-state index in [-0.39, 0.29) is 0 Å². The Morgan fingerprint density at radius 1 is 1.30 bits per heavy atom. The molecule has 1 fully saturated rings. The first kappa shape index (κ1) is 16.0. The van der Waals surface area contributed by atoms with Gasteiger partial charge in [0.15, 0.2) is 0 Å². The first-order chi connectivity index (χ1) is 10.7. The monoisotopic (exact) mass is 337 g/mol. The van der Waals surface area contributed by atoms with Crippen molar-refractivity contribution in [3.05, 3.63) is 47.3 Å². The molecule has 0 aliphatic heterocycles. The van der Waals surface area contributed by atoms with Crippen LogP contribution in [0.5, 0.6) is 0 Å². The van der Waals surface area contributed by atoms with E-state index in [1.54, 1.807) is 18.2 Å². The average molecular weight is 337 g/mol. The first-order valence-corrected chi connectivity index (χ1v) is 9.19. The fourth-order valence-corrected chi connectivity index (χ4v) is 4.11. The second-order valence-corrected chi connectivity index (χ2v) is 8.02. The third-order valence-corrected chi connectivity index (χ3v) is 5.32. The van der Waals surface area contributed by atoms with E-state index in [4.69, 9.17) is 0 Å². The summed E-state index contributed by atoms with van der Waals surface area (Å²) in [7, 11) is -3.67. The minimum Gasteiger partial charge on any atom is -0.283 e. The lowest BCUT2D eigenvalue weighted by Crippen LogP contribution is -2.24. The van der Waals surface area contributed by atoms with Gasteiger partial charge in [-0.05, 0) is 50.5 Å². The summed E-state index contributed by atoms with van der Waals surface area (Å²) in [5.41, 5.74) is 1.83. The zero-order valence-corrected chi connectivity index (χ0v) is 14.0. The molecular formula is C16H20FN3O2S. The number of aryl methyl sites for hydroxylation is 2. The van der Waals surface area contributed by atoms with Gasteiger partial charge in [-0.2, -0.15) is 5.10 Å².